The van der Waals surface area contributed by atoms with Crippen molar-refractivity contribution in [1.29, 1.82) is 0 Å². The first-order chi connectivity index (χ1) is 0. The second kappa shape index (κ2) is 21.8. The molecule has 0 aliphatic carbocycles. The van der Waals surface area contributed by atoms with Gasteiger partial charge < -0.3 is 0 Å². The summed E-state index contributed by atoms with van der Waals surface area (Å²) < 4.78 is 0. The molecule has 4 heavy (non-hydrogen) atoms. The zero-order valence-electron chi connectivity index (χ0n) is 0.816. The van der Waals surface area contributed by atoms with Crippen LogP contribution in [0.25, 0.3) is 0 Å². The van der Waals surface area contributed by atoms with E-state index >= 15 is 0 Å². The minimum Gasteiger partial charge on any atom is 0 e. The van der Waals surface area contributed by atoms with Gasteiger partial charge in [0.05, 0.1) is 0 Å². The predicted octanol–water partition coefficient (Wildman–Crippen LogP) is -1.68. The molecule has 0 aromatic heterocycles. The quantitative estimate of drug-likeness (QED) is 0.445. The van der Waals surface area contributed by atoms with Gasteiger partial charge in [0, 0.05) is 21.1 Å². The van der Waals surface area contributed by atoms with E-state index in [1.165, 1.54) is 0 Å². The van der Waals surface area contributed by atoms with Crippen molar-refractivity contribution in [2.24, 2.45) is 0 Å². The molecule has 0 atom stereocenters. The average Bonchev–Trinajstić information content (AvgIpc) is 0. The molecule has 0 saturated heterocycles. The van der Waals surface area contributed by atoms with Gasteiger partial charge in [0.15, 0.2) is 17.4 Å². The summed E-state index contributed by atoms with van der Waals surface area (Å²) in [4.78, 5) is 0. The first-order valence-corrected chi connectivity index (χ1v) is 0. The first-order valence-electron chi connectivity index (χ1n) is 0. The van der Waals surface area contributed by atoms with Gasteiger partial charge in [-0.2, -0.15) is 0 Å². The Bertz CT molecular complexity index is 8.00. The Labute approximate surface area is 61.7 Å². The molecule has 0 spiro atoms. The summed E-state index contributed by atoms with van der Waals surface area (Å²) in [5.74, 6) is 0. The topological polar surface area (TPSA) is 0 Å². The van der Waals surface area contributed by atoms with Gasteiger partial charge in [0.25, 0.3) is 0 Å². The van der Waals surface area contributed by atoms with E-state index in [9.17, 15) is 0 Å². The van der Waals surface area contributed by atoms with Gasteiger partial charge in [-0.25, -0.2) is 0 Å². The van der Waals surface area contributed by atoms with Crippen LogP contribution in [0.3, 0.4) is 0 Å². The SMILES string of the molecule is F.[AlH3].[LiH].[W]. The van der Waals surface area contributed by atoms with Gasteiger partial charge in [-0.15, -0.1) is 0 Å². The Morgan fingerprint density at radius 1 is 1.00 bits per heavy atom. The molecule has 4 heteroatoms. The van der Waals surface area contributed by atoms with Crippen molar-refractivity contribution in [3.63, 3.8) is 0 Å². The van der Waals surface area contributed by atoms with Crippen molar-refractivity contribution in [3.8, 4) is 0 Å². The zero-order valence-corrected chi connectivity index (χ0v) is 3.75. The summed E-state index contributed by atoms with van der Waals surface area (Å²) in [6, 6.07) is 0. The normalized spacial score (nSPS) is 0. The van der Waals surface area contributed by atoms with E-state index in [2.05, 4.69) is 0 Å². The van der Waals surface area contributed by atoms with E-state index in [-0.39, 0.29) is 62.0 Å². The summed E-state index contributed by atoms with van der Waals surface area (Å²) in [7, 11) is 0. The average molecular weight is 242 g/mol. The maximum atomic E-state index is 0. The summed E-state index contributed by atoms with van der Waals surface area (Å²) in [5.41, 5.74) is 0. The molecule has 0 heterocycles. The maximum absolute atomic E-state index is 0. The largest absolute Gasteiger partial charge is 0 e. The maximum Gasteiger partial charge on any atom is 0 e. The molecule has 0 rings (SSSR count). The molecular formula is H5AlFLiW. The van der Waals surface area contributed by atoms with E-state index in [0.29, 0.717) is 0 Å². The molecule has 0 radical (unpaired) electrons. The molecule has 0 bridgehead atoms. The van der Waals surface area contributed by atoms with Crippen LogP contribution in [0.5, 0.6) is 0 Å². The monoisotopic (exact) mass is 242 g/mol. The smallest absolute Gasteiger partial charge is 0 e. The molecule has 0 saturated carbocycles. The fourth-order valence-corrected chi connectivity index (χ4v) is 0. The number of hydrogen-bond acceptors (Lipinski definition) is 0. The molecule has 0 N–H and O–H groups in total. The van der Waals surface area contributed by atoms with Crippen molar-refractivity contribution in [1.82, 2.24) is 0 Å². The standard InChI is InChI=1S/Al.FH.Li.W.4H/h;1H;;;;;;. The van der Waals surface area contributed by atoms with E-state index in [0.717, 1.165) is 0 Å². The second-order valence-corrected chi connectivity index (χ2v) is 0. The van der Waals surface area contributed by atoms with Crippen LogP contribution in [0.4, 0.5) is 4.70 Å². The number of rotatable bonds is 0. The predicted molar refractivity (Wildman–Crippen MR) is 19.6 cm³/mol. The van der Waals surface area contributed by atoms with Crippen LogP contribution >= 0.6 is 0 Å². The van der Waals surface area contributed by atoms with Crippen molar-refractivity contribution >= 4 is 36.2 Å². The van der Waals surface area contributed by atoms with Crippen LogP contribution in [-0.4, -0.2) is 36.2 Å². The van der Waals surface area contributed by atoms with Crippen molar-refractivity contribution in [3.05, 3.63) is 0 Å². The molecule has 22 valence electrons. The van der Waals surface area contributed by atoms with Crippen LogP contribution < -0.4 is 0 Å². The first kappa shape index (κ1) is 42.4. The van der Waals surface area contributed by atoms with Gasteiger partial charge >= 0.3 is 18.9 Å². The van der Waals surface area contributed by atoms with Gasteiger partial charge in [-0.1, -0.05) is 0 Å². The van der Waals surface area contributed by atoms with Gasteiger partial charge in [0.2, 0.25) is 0 Å². The van der Waals surface area contributed by atoms with E-state index in [1.54, 1.807) is 0 Å². The third-order valence-electron chi connectivity index (χ3n) is 0. The molecule has 0 fully saturated rings. The Balaban J connectivity index is 0. The van der Waals surface area contributed by atoms with Crippen LogP contribution in [0.1, 0.15) is 0 Å². The summed E-state index contributed by atoms with van der Waals surface area (Å²) >= 11 is 0. The van der Waals surface area contributed by atoms with Crippen molar-refractivity contribution in [2.75, 3.05) is 0 Å². The van der Waals surface area contributed by atoms with Gasteiger partial charge in [-0.05, 0) is 0 Å². The van der Waals surface area contributed by atoms with Gasteiger partial charge in [0.1, 0.15) is 0 Å². The molecule has 0 aliphatic heterocycles. The number of hydrogen-bond donors (Lipinski definition) is 0. The molecule has 0 aliphatic rings. The fourth-order valence-electron chi connectivity index (χ4n) is 0. The third kappa shape index (κ3) is 9.26. The van der Waals surface area contributed by atoms with E-state index in [4.69, 9.17) is 0 Å². The summed E-state index contributed by atoms with van der Waals surface area (Å²) in [6.07, 6.45) is 0. The molecule has 0 aromatic rings. The van der Waals surface area contributed by atoms with Crippen LogP contribution in [0.15, 0.2) is 0 Å². The van der Waals surface area contributed by atoms with Crippen LogP contribution in [-0.2, 0) is 21.1 Å². The van der Waals surface area contributed by atoms with E-state index < -0.39 is 0 Å². The Hall–Kier alpha value is 1.75. The second-order valence-electron chi connectivity index (χ2n) is 0. The van der Waals surface area contributed by atoms with Crippen molar-refractivity contribution < 1.29 is 25.8 Å². The molecular weight excluding hydrogens is 237 g/mol. The van der Waals surface area contributed by atoms with Crippen molar-refractivity contribution in [2.45, 2.75) is 0 Å². The minimum atomic E-state index is 0. The summed E-state index contributed by atoms with van der Waals surface area (Å²) in [6.45, 7) is 0. The number of halogens is 1. The zero-order chi connectivity index (χ0) is 0. The fraction of sp³-hybridized carbons (Fsp3) is 0. The van der Waals surface area contributed by atoms with E-state index in [1.807, 2.05) is 0 Å². The third-order valence-corrected chi connectivity index (χ3v) is 0. The minimum absolute atomic E-state index is 0. The Kier molecular flexibility index (Phi) is 231. The molecule has 0 aromatic carbocycles. The van der Waals surface area contributed by atoms with Gasteiger partial charge in [-0.3, -0.25) is 4.70 Å². The van der Waals surface area contributed by atoms with Crippen LogP contribution in [0.2, 0.25) is 0 Å². The summed E-state index contributed by atoms with van der Waals surface area (Å²) in [5, 5.41) is 0. The van der Waals surface area contributed by atoms with Crippen LogP contribution in [0, 0.1) is 0 Å². The Morgan fingerprint density at radius 3 is 1.00 bits per heavy atom. The molecule has 0 unspecified atom stereocenters. The molecule has 0 nitrogen and oxygen atoms in total. The Morgan fingerprint density at radius 2 is 1.00 bits per heavy atom. The molecule has 0 amide bonds.